The number of aromatic nitrogens is 1. The lowest BCUT2D eigenvalue weighted by atomic mass is 10.3. The first kappa shape index (κ1) is 7.00. The van der Waals surface area contributed by atoms with E-state index in [1.54, 1.807) is 0 Å². The van der Waals surface area contributed by atoms with Crippen LogP contribution < -0.4 is 4.57 Å². The molecule has 1 rings (SSSR count). The maximum absolute atomic E-state index is 3.83. The maximum Gasteiger partial charge on any atom is 0.177 e. The second kappa shape index (κ2) is 2.65. The van der Waals surface area contributed by atoms with Gasteiger partial charge < -0.3 is 0 Å². The van der Waals surface area contributed by atoms with E-state index < -0.39 is 0 Å². The van der Waals surface area contributed by atoms with E-state index in [2.05, 4.69) is 25.8 Å². The third kappa shape index (κ3) is 1.44. The minimum atomic E-state index is 1.05. The Bertz CT molecular complexity index is 251. The first-order valence-corrected chi connectivity index (χ1v) is 3.34. The van der Waals surface area contributed by atoms with Gasteiger partial charge in [-0.1, -0.05) is 0 Å². The van der Waals surface area contributed by atoms with Crippen LogP contribution in [-0.2, 0) is 0 Å². The first-order valence-electron chi connectivity index (χ1n) is 3.34. The molecule has 0 aliphatic carbocycles. The Balaban J connectivity index is 3.07. The largest absolute Gasteiger partial charge is 0.177 e. The van der Waals surface area contributed by atoms with E-state index in [4.69, 9.17) is 0 Å². The third-order valence-electron chi connectivity index (χ3n) is 1.39. The predicted octanol–water partition coefficient (Wildman–Crippen LogP) is 1.77. The van der Waals surface area contributed by atoms with E-state index in [1.165, 1.54) is 5.56 Å². The second-order valence-electron chi connectivity index (χ2n) is 2.52. The molecule has 0 aliphatic rings. The molecule has 1 aromatic heterocycles. The molecule has 0 bridgehead atoms. The summed E-state index contributed by atoms with van der Waals surface area (Å²) in [4.78, 5) is 0. The minimum absolute atomic E-state index is 1.05. The molecule has 0 unspecified atom stereocenters. The molecule has 0 aliphatic heterocycles. The van der Waals surface area contributed by atoms with Gasteiger partial charge >= 0.3 is 0 Å². The van der Waals surface area contributed by atoms with E-state index in [9.17, 15) is 0 Å². The zero-order valence-corrected chi connectivity index (χ0v) is 6.46. The maximum atomic E-state index is 3.83. The van der Waals surface area contributed by atoms with Crippen molar-refractivity contribution in [1.82, 2.24) is 0 Å². The van der Waals surface area contributed by atoms with Gasteiger partial charge in [0.15, 0.2) is 18.1 Å². The quantitative estimate of drug-likeness (QED) is 0.515. The normalized spacial score (nSPS) is 9.40. The Labute approximate surface area is 61.6 Å². The zero-order chi connectivity index (χ0) is 7.56. The van der Waals surface area contributed by atoms with Gasteiger partial charge in [0.1, 0.15) is 0 Å². The van der Waals surface area contributed by atoms with Gasteiger partial charge in [-0.15, -0.1) is 0 Å². The molecule has 10 heavy (non-hydrogen) atoms. The van der Waals surface area contributed by atoms with Crippen molar-refractivity contribution in [3.8, 4) is 0 Å². The number of allylic oxidation sites excluding steroid dienone is 1. The Kier molecular flexibility index (Phi) is 1.86. The van der Waals surface area contributed by atoms with Crippen molar-refractivity contribution in [2.75, 3.05) is 0 Å². The van der Waals surface area contributed by atoms with Crippen molar-refractivity contribution in [1.29, 1.82) is 0 Å². The molecular weight excluding hydrogens is 122 g/mol. The van der Waals surface area contributed by atoms with Crippen LogP contribution in [0.2, 0.25) is 0 Å². The topological polar surface area (TPSA) is 3.88 Å². The summed E-state index contributed by atoms with van der Waals surface area (Å²) < 4.78 is 2.01. The average molecular weight is 134 g/mol. The average Bonchev–Trinajstić information content (AvgIpc) is 1.88. The van der Waals surface area contributed by atoms with Crippen LogP contribution in [0.3, 0.4) is 0 Å². The van der Waals surface area contributed by atoms with Crippen molar-refractivity contribution < 1.29 is 4.57 Å². The van der Waals surface area contributed by atoms with Crippen LogP contribution in [0.25, 0.3) is 5.70 Å². The van der Waals surface area contributed by atoms with E-state index in [0.717, 1.165) is 5.70 Å². The van der Waals surface area contributed by atoms with Crippen molar-refractivity contribution in [3.05, 3.63) is 36.7 Å². The Hall–Kier alpha value is -1.11. The summed E-state index contributed by atoms with van der Waals surface area (Å²) in [5.74, 6) is 0. The van der Waals surface area contributed by atoms with Gasteiger partial charge in [-0.3, -0.25) is 0 Å². The molecule has 1 aromatic rings. The van der Waals surface area contributed by atoms with E-state index in [1.807, 2.05) is 23.8 Å². The highest BCUT2D eigenvalue weighted by atomic mass is 14.9. The van der Waals surface area contributed by atoms with Gasteiger partial charge in [-0.25, -0.2) is 0 Å². The lowest BCUT2D eigenvalue weighted by molar-refractivity contribution is -0.581. The van der Waals surface area contributed by atoms with Crippen LogP contribution in [0.5, 0.6) is 0 Å². The molecule has 1 nitrogen and oxygen atoms in total. The minimum Gasteiger partial charge on any atom is -0.172 e. The summed E-state index contributed by atoms with van der Waals surface area (Å²) in [6, 6.07) is 4.09. The summed E-state index contributed by atoms with van der Waals surface area (Å²) in [5.41, 5.74) is 2.30. The number of hydrogen-bond donors (Lipinski definition) is 0. The lowest BCUT2D eigenvalue weighted by Gasteiger charge is -1.92. The van der Waals surface area contributed by atoms with E-state index in [-0.39, 0.29) is 0 Å². The number of pyridine rings is 1. The summed E-state index contributed by atoms with van der Waals surface area (Å²) >= 11 is 0. The monoisotopic (exact) mass is 134 g/mol. The summed E-state index contributed by atoms with van der Waals surface area (Å²) in [7, 11) is 0. The zero-order valence-electron chi connectivity index (χ0n) is 6.46. The first-order chi connectivity index (χ1) is 4.70. The molecule has 0 saturated heterocycles. The van der Waals surface area contributed by atoms with Crippen LogP contribution in [0.4, 0.5) is 0 Å². The van der Waals surface area contributed by atoms with E-state index >= 15 is 0 Å². The van der Waals surface area contributed by atoms with Crippen molar-refractivity contribution in [2.45, 2.75) is 13.8 Å². The van der Waals surface area contributed by atoms with Crippen LogP contribution in [0.15, 0.2) is 31.1 Å². The van der Waals surface area contributed by atoms with Gasteiger partial charge in [0.2, 0.25) is 0 Å². The Morgan fingerprint density at radius 2 is 2.30 bits per heavy atom. The lowest BCUT2D eigenvalue weighted by Crippen LogP contribution is -2.29. The molecular formula is C9H12N+. The number of rotatable bonds is 1. The predicted molar refractivity (Wildman–Crippen MR) is 42.4 cm³/mol. The fraction of sp³-hybridized carbons (Fsp3) is 0.222. The summed E-state index contributed by atoms with van der Waals surface area (Å²) in [6.07, 6.45) is 4.05. The molecule has 0 N–H and O–H groups in total. The van der Waals surface area contributed by atoms with Gasteiger partial charge in [-0.2, -0.15) is 4.57 Å². The molecule has 0 amide bonds. The molecule has 1 heterocycles. The number of aryl methyl sites for hydroxylation is 1. The second-order valence-corrected chi connectivity index (χ2v) is 2.52. The molecule has 0 saturated carbocycles. The highest BCUT2D eigenvalue weighted by molar-refractivity contribution is 5.22. The Morgan fingerprint density at radius 3 is 2.70 bits per heavy atom. The summed E-state index contributed by atoms with van der Waals surface area (Å²) in [5, 5.41) is 0. The fourth-order valence-corrected chi connectivity index (χ4v) is 0.830. The molecule has 0 radical (unpaired) electrons. The SMILES string of the molecule is C=C(C)[n+]1cccc(C)c1. The molecule has 0 spiro atoms. The van der Waals surface area contributed by atoms with Crippen LogP contribution in [0, 0.1) is 6.92 Å². The smallest absolute Gasteiger partial charge is 0.172 e. The third-order valence-corrected chi connectivity index (χ3v) is 1.39. The number of nitrogens with zero attached hydrogens (tertiary/aromatic N) is 1. The number of hydrogen-bond acceptors (Lipinski definition) is 0. The van der Waals surface area contributed by atoms with Gasteiger partial charge in [-0.05, 0) is 19.6 Å². The fourth-order valence-electron chi connectivity index (χ4n) is 0.830. The highest BCUT2D eigenvalue weighted by Gasteiger charge is 1.98. The molecule has 0 fully saturated rings. The Morgan fingerprint density at radius 1 is 1.60 bits per heavy atom. The van der Waals surface area contributed by atoms with Crippen LogP contribution in [0.1, 0.15) is 12.5 Å². The molecule has 0 atom stereocenters. The molecule has 52 valence electrons. The van der Waals surface area contributed by atoms with Crippen LogP contribution in [-0.4, -0.2) is 0 Å². The molecule has 0 aromatic carbocycles. The molecule has 1 heteroatoms. The van der Waals surface area contributed by atoms with Crippen molar-refractivity contribution in [2.24, 2.45) is 0 Å². The van der Waals surface area contributed by atoms with Gasteiger partial charge in [0, 0.05) is 18.6 Å². The van der Waals surface area contributed by atoms with Crippen molar-refractivity contribution in [3.63, 3.8) is 0 Å². The van der Waals surface area contributed by atoms with Gasteiger partial charge in [0.25, 0.3) is 0 Å². The van der Waals surface area contributed by atoms with E-state index in [0.29, 0.717) is 0 Å². The highest BCUT2D eigenvalue weighted by Crippen LogP contribution is 1.92. The standard InChI is InChI=1S/C9H12N/c1-8(2)10-6-4-5-9(3)7-10/h4-7H,1H2,2-3H3/q+1. The van der Waals surface area contributed by atoms with Crippen LogP contribution >= 0.6 is 0 Å². The summed E-state index contributed by atoms with van der Waals surface area (Å²) in [6.45, 7) is 7.88. The van der Waals surface area contributed by atoms with Crippen molar-refractivity contribution >= 4 is 5.70 Å². The van der Waals surface area contributed by atoms with Gasteiger partial charge in [0.05, 0.1) is 0 Å².